The number of amides is 1. The Bertz CT molecular complexity index is 668. The summed E-state index contributed by atoms with van der Waals surface area (Å²) >= 11 is 0. The largest absolute Gasteiger partial charge is 0.478 e. The third kappa shape index (κ3) is 3.60. The molecule has 2 aromatic rings. The molecule has 5 heteroatoms. The van der Waals surface area contributed by atoms with E-state index < -0.39 is 5.97 Å². The number of carboxylic acids is 1. The Balaban J connectivity index is 1.98. The van der Waals surface area contributed by atoms with Gasteiger partial charge in [0, 0.05) is 12.2 Å². The van der Waals surface area contributed by atoms with E-state index in [2.05, 4.69) is 5.32 Å². The van der Waals surface area contributed by atoms with Crippen LogP contribution in [0.2, 0.25) is 0 Å². The van der Waals surface area contributed by atoms with Crippen LogP contribution in [0.1, 0.15) is 26.3 Å². The summed E-state index contributed by atoms with van der Waals surface area (Å²) in [6.45, 7) is 0.345. The molecule has 0 aliphatic heterocycles. The van der Waals surface area contributed by atoms with Crippen LogP contribution in [0.5, 0.6) is 0 Å². The van der Waals surface area contributed by atoms with Crippen LogP contribution in [0.3, 0.4) is 0 Å². The highest BCUT2D eigenvalue weighted by atomic mass is 16.4. The van der Waals surface area contributed by atoms with Gasteiger partial charge < -0.3 is 16.2 Å². The molecule has 4 N–H and O–H groups in total. The van der Waals surface area contributed by atoms with Crippen molar-refractivity contribution in [2.24, 2.45) is 0 Å². The van der Waals surface area contributed by atoms with Gasteiger partial charge in [0.2, 0.25) is 0 Å². The summed E-state index contributed by atoms with van der Waals surface area (Å²) in [5.74, 6) is -1.23. The van der Waals surface area contributed by atoms with Crippen LogP contribution in [0.25, 0.3) is 0 Å². The van der Waals surface area contributed by atoms with Gasteiger partial charge in [-0.1, -0.05) is 30.3 Å². The lowest BCUT2D eigenvalue weighted by atomic mass is 10.0. The van der Waals surface area contributed by atoms with Gasteiger partial charge in [-0.25, -0.2) is 4.79 Å². The van der Waals surface area contributed by atoms with E-state index in [9.17, 15) is 9.59 Å². The molecule has 0 radical (unpaired) electrons. The van der Waals surface area contributed by atoms with Crippen molar-refractivity contribution in [1.29, 1.82) is 0 Å². The van der Waals surface area contributed by atoms with Gasteiger partial charge in [-0.15, -0.1) is 0 Å². The molecule has 21 heavy (non-hydrogen) atoms. The fraction of sp³-hybridized carbons (Fsp3) is 0.125. The summed E-state index contributed by atoms with van der Waals surface area (Å²) in [6.07, 6.45) is 0.445. The standard InChI is InChI=1S/C16H16N2O3/c17-14-8-4-3-7-13(14)15(19)18-10-9-11-5-1-2-6-12(11)16(20)21/h1-8H,9-10,17H2,(H,18,19)(H,20,21). The van der Waals surface area contributed by atoms with Crippen LogP contribution in [0.4, 0.5) is 5.69 Å². The molecule has 0 saturated carbocycles. The van der Waals surface area contributed by atoms with E-state index in [-0.39, 0.29) is 11.5 Å². The van der Waals surface area contributed by atoms with Crippen LogP contribution < -0.4 is 11.1 Å². The lowest BCUT2D eigenvalue weighted by molar-refractivity contribution is 0.0695. The highest BCUT2D eigenvalue weighted by molar-refractivity contribution is 5.99. The summed E-state index contributed by atoms with van der Waals surface area (Å²) in [7, 11) is 0. The van der Waals surface area contributed by atoms with Crippen LogP contribution >= 0.6 is 0 Å². The predicted octanol–water partition coefficient (Wildman–Crippen LogP) is 1.94. The minimum Gasteiger partial charge on any atom is -0.478 e. The molecule has 0 saturated heterocycles. The lowest BCUT2D eigenvalue weighted by Gasteiger charge is -2.09. The Labute approximate surface area is 122 Å². The minimum absolute atomic E-state index is 0.256. The van der Waals surface area contributed by atoms with Crippen molar-refractivity contribution in [3.63, 3.8) is 0 Å². The molecule has 0 aliphatic carbocycles. The fourth-order valence-electron chi connectivity index (χ4n) is 2.06. The number of para-hydroxylation sites is 1. The molecule has 5 nitrogen and oxygen atoms in total. The first-order valence-corrected chi connectivity index (χ1v) is 6.53. The normalized spacial score (nSPS) is 10.1. The number of aromatic carboxylic acids is 1. The Morgan fingerprint density at radius 3 is 2.29 bits per heavy atom. The molecule has 0 atom stereocenters. The zero-order valence-electron chi connectivity index (χ0n) is 11.4. The van der Waals surface area contributed by atoms with E-state index >= 15 is 0 Å². The van der Waals surface area contributed by atoms with Gasteiger partial charge >= 0.3 is 5.97 Å². The first kappa shape index (κ1) is 14.6. The number of benzene rings is 2. The van der Waals surface area contributed by atoms with Gasteiger partial charge in [0.1, 0.15) is 0 Å². The van der Waals surface area contributed by atoms with Crippen LogP contribution in [0, 0.1) is 0 Å². The van der Waals surface area contributed by atoms with Crippen LogP contribution in [-0.2, 0) is 6.42 Å². The molecule has 0 fully saturated rings. The van der Waals surface area contributed by atoms with Crippen molar-refractivity contribution < 1.29 is 14.7 Å². The number of carboxylic acid groups (broad SMARTS) is 1. The predicted molar refractivity (Wildman–Crippen MR) is 80.3 cm³/mol. The molecular formula is C16H16N2O3. The zero-order chi connectivity index (χ0) is 15.2. The van der Waals surface area contributed by atoms with E-state index in [1.165, 1.54) is 0 Å². The average molecular weight is 284 g/mol. The van der Waals surface area contributed by atoms with Crippen LogP contribution in [0.15, 0.2) is 48.5 Å². The summed E-state index contributed by atoms with van der Waals surface area (Å²) in [5, 5.41) is 11.8. The average Bonchev–Trinajstić information content (AvgIpc) is 2.48. The highest BCUT2D eigenvalue weighted by Gasteiger charge is 2.11. The topological polar surface area (TPSA) is 92.4 Å². The van der Waals surface area contributed by atoms with Gasteiger partial charge in [-0.2, -0.15) is 0 Å². The molecule has 0 unspecified atom stereocenters. The summed E-state index contributed by atoms with van der Waals surface area (Å²) in [4.78, 5) is 23.0. The third-order valence-electron chi connectivity index (χ3n) is 3.13. The lowest BCUT2D eigenvalue weighted by Crippen LogP contribution is -2.26. The molecule has 2 aromatic carbocycles. The van der Waals surface area contributed by atoms with Gasteiger partial charge in [-0.05, 0) is 30.2 Å². The Hall–Kier alpha value is -2.82. The number of carbonyl (C=O) groups excluding carboxylic acids is 1. The SMILES string of the molecule is Nc1ccccc1C(=O)NCCc1ccccc1C(=O)O. The number of nitrogen functional groups attached to an aromatic ring is 1. The summed E-state index contributed by atoms with van der Waals surface area (Å²) in [5.41, 5.74) is 7.51. The number of carbonyl (C=O) groups is 2. The van der Waals surface area contributed by atoms with Gasteiger partial charge in [0.15, 0.2) is 0 Å². The van der Waals surface area contributed by atoms with E-state index in [0.29, 0.717) is 29.8 Å². The van der Waals surface area contributed by atoms with E-state index in [1.54, 1.807) is 48.5 Å². The minimum atomic E-state index is -0.968. The number of rotatable bonds is 5. The second-order valence-electron chi connectivity index (χ2n) is 4.56. The van der Waals surface area contributed by atoms with Crippen molar-refractivity contribution in [3.8, 4) is 0 Å². The Kier molecular flexibility index (Phi) is 4.56. The maximum absolute atomic E-state index is 12.0. The molecule has 1 amide bonds. The molecule has 108 valence electrons. The number of nitrogens with two attached hydrogens (primary N) is 1. The van der Waals surface area contributed by atoms with Crippen LogP contribution in [-0.4, -0.2) is 23.5 Å². The van der Waals surface area contributed by atoms with Gasteiger partial charge in [0.05, 0.1) is 11.1 Å². The summed E-state index contributed by atoms with van der Waals surface area (Å²) in [6, 6.07) is 13.6. The van der Waals surface area contributed by atoms with Crippen molar-refractivity contribution >= 4 is 17.6 Å². The van der Waals surface area contributed by atoms with Gasteiger partial charge in [-0.3, -0.25) is 4.79 Å². The fourth-order valence-corrected chi connectivity index (χ4v) is 2.06. The molecule has 0 spiro atoms. The Morgan fingerprint density at radius 2 is 1.62 bits per heavy atom. The smallest absolute Gasteiger partial charge is 0.335 e. The number of hydrogen-bond donors (Lipinski definition) is 3. The monoisotopic (exact) mass is 284 g/mol. The van der Waals surface area contributed by atoms with Gasteiger partial charge in [0.25, 0.3) is 5.91 Å². The van der Waals surface area contributed by atoms with Crippen molar-refractivity contribution in [3.05, 3.63) is 65.2 Å². The third-order valence-corrected chi connectivity index (χ3v) is 3.13. The molecule has 0 aromatic heterocycles. The molecule has 0 bridgehead atoms. The maximum Gasteiger partial charge on any atom is 0.335 e. The quantitative estimate of drug-likeness (QED) is 0.731. The highest BCUT2D eigenvalue weighted by Crippen LogP contribution is 2.11. The van der Waals surface area contributed by atoms with E-state index in [1.807, 2.05) is 0 Å². The zero-order valence-corrected chi connectivity index (χ0v) is 11.4. The molecule has 0 heterocycles. The molecule has 0 aliphatic rings. The second kappa shape index (κ2) is 6.56. The number of anilines is 1. The Morgan fingerprint density at radius 1 is 1.00 bits per heavy atom. The van der Waals surface area contributed by atoms with Crippen molar-refractivity contribution in [2.45, 2.75) is 6.42 Å². The van der Waals surface area contributed by atoms with Crippen molar-refractivity contribution in [2.75, 3.05) is 12.3 Å². The number of nitrogens with one attached hydrogen (secondary N) is 1. The van der Waals surface area contributed by atoms with E-state index in [4.69, 9.17) is 10.8 Å². The summed E-state index contributed by atoms with van der Waals surface area (Å²) < 4.78 is 0. The first-order valence-electron chi connectivity index (χ1n) is 6.53. The van der Waals surface area contributed by atoms with E-state index in [0.717, 1.165) is 0 Å². The first-order chi connectivity index (χ1) is 10.1. The maximum atomic E-state index is 12.0. The van der Waals surface area contributed by atoms with Crippen molar-refractivity contribution in [1.82, 2.24) is 5.32 Å². The number of hydrogen-bond acceptors (Lipinski definition) is 3. The molecular weight excluding hydrogens is 268 g/mol. The molecule has 2 rings (SSSR count). The second-order valence-corrected chi connectivity index (χ2v) is 4.56.